The van der Waals surface area contributed by atoms with Crippen LogP contribution in [0.25, 0.3) is 0 Å². The quantitative estimate of drug-likeness (QED) is 0.722. The second-order valence-electron chi connectivity index (χ2n) is 4.78. The van der Waals surface area contributed by atoms with Gasteiger partial charge in [-0.2, -0.15) is 0 Å². The van der Waals surface area contributed by atoms with Gasteiger partial charge in [-0.1, -0.05) is 6.42 Å². The van der Waals surface area contributed by atoms with Crippen LogP contribution in [0.15, 0.2) is 0 Å². The van der Waals surface area contributed by atoms with Crippen LogP contribution in [0.2, 0.25) is 0 Å². The van der Waals surface area contributed by atoms with Crippen LogP contribution in [0.4, 0.5) is 0 Å². The Morgan fingerprint density at radius 2 is 1.80 bits per heavy atom. The molecule has 0 spiro atoms. The van der Waals surface area contributed by atoms with Crippen LogP contribution in [-0.4, -0.2) is 26.8 Å². The smallest absolute Gasteiger partial charge is 0.214 e. The van der Waals surface area contributed by atoms with Gasteiger partial charge in [-0.3, -0.25) is 0 Å². The van der Waals surface area contributed by atoms with Gasteiger partial charge in [0.15, 0.2) is 0 Å². The predicted molar refractivity (Wildman–Crippen MR) is 59.8 cm³/mol. The van der Waals surface area contributed by atoms with Crippen molar-refractivity contribution in [3.8, 4) is 0 Å². The topological polar surface area (TPSA) is 72.2 Å². The molecule has 2 unspecified atom stereocenters. The zero-order valence-corrected chi connectivity index (χ0v) is 9.80. The Labute approximate surface area is 91.7 Å². The molecule has 2 fully saturated rings. The lowest BCUT2D eigenvalue weighted by molar-refractivity contribution is 0.393. The molecule has 0 radical (unpaired) electrons. The molecule has 3 N–H and O–H groups in total. The first-order valence-electron chi connectivity index (χ1n) is 5.82. The van der Waals surface area contributed by atoms with Gasteiger partial charge in [0.05, 0.1) is 5.25 Å². The number of nitrogens with one attached hydrogen (secondary N) is 1. The van der Waals surface area contributed by atoms with Crippen molar-refractivity contribution in [2.45, 2.75) is 37.4 Å². The highest BCUT2D eigenvalue weighted by Gasteiger charge is 2.36. The van der Waals surface area contributed by atoms with E-state index in [0.29, 0.717) is 24.9 Å². The summed E-state index contributed by atoms with van der Waals surface area (Å²) in [6.07, 6.45) is 5.14. The minimum atomic E-state index is -3.00. The molecule has 2 aliphatic rings. The molecule has 5 heteroatoms. The van der Waals surface area contributed by atoms with Crippen LogP contribution >= 0.6 is 0 Å². The van der Waals surface area contributed by atoms with E-state index in [-0.39, 0.29) is 5.25 Å². The van der Waals surface area contributed by atoms with Crippen LogP contribution in [0, 0.1) is 11.8 Å². The lowest BCUT2D eigenvalue weighted by atomic mass is 9.97. The first kappa shape index (κ1) is 11.4. The van der Waals surface area contributed by atoms with Gasteiger partial charge in [0.1, 0.15) is 0 Å². The molecule has 0 bridgehead atoms. The summed E-state index contributed by atoms with van der Waals surface area (Å²) >= 11 is 0. The van der Waals surface area contributed by atoms with Gasteiger partial charge < -0.3 is 5.73 Å². The maximum absolute atomic E-state index is 11.6. The number of sulfonamides is 1. The van der Waals surface area contributed by atoms with Crippen molar-refractivity contribution in [3.63, 3.8) is 0 Å². The molecule has 2 atom stereocenters. The molecule has 0 aromatic heterocycles. The number of nitrogens with two attached hydrogens (primary N) is 1. The lowest BCUT2D eigenvalue weighted by Gasteiger charge is -2.18. The highest BCUT2D eigenvalue weighted by molar-refractivity contribution is 7.90. The minimum Gasteiger partial charge on any atom is -0.330 e. The van der Waals surface area contributed by atoms with Crippen LogP contribution in [0.1, 0.15) is 32.1 Å². The largest absolute Gasteiger partial charge is 0.330 e. The van der Waals surface area contributed by atoms with E-state index in [1.165, 1.54) is 6.42 Å². The molecule has 2 saturated carbocycles. The summed E-state index contributed by atoms with van der Waals surface area (Å²) in [7, 11) is -3.00. The molecule has 0 heterocycles. The maximum atomic E-state index is 11.6. The summed E-state index contributed by atoms with van der Waals surface area (Å²) in [6, 6.07) is 0. The van der Waals surface area contributed by atoms with E-state index in [4.69, 9.17) is 5.73 Å². The normalized spacial score (nSPS) is 32.1. The number of hydrogen-bond acceptors (Lipinski definition) is 3. The fourth-order valence-corrected chi connectivity index (χ4v) is 3.85. The van der Waals surface area contributed by atoms with E-state index in [9.17, 15) is 8.42 Å². The van der Waals surface area contributed by atoms with E-state index in [2.05, 4.69) is 4.72 Å². The monoisotopic (exact) mass is 232 g/mol. The second kappa shape index (κ2) is 4.39. The van der Waals surface area contributed by atoms with Crippen molar-refractivity contribution in [2.24, 2.45) is 17.6 Å². The van der Waals surface area contributed by atoms with Crippen molar-refractivity contribution in [1.29, 1.82) is 0 Å². The molecular weight excluding hydrogens is 212 g/mol. The molecule has 15 heavy (non-hydrogen) atoms. The molecule has 0 saturated heterocycles. The molecule has 2 rings (SSSR count). The average molecular weight is 232 g/mol. The Balaban J connectivity index is 1.82. The molecule has 0 aromatic rings. The number of rotatable bonds is 5. The Morgan fingerprint density at radius 1 is 1.13 bits per heavy atom. The lowest BCUT2D eigenvalue weighted by Crippen LogP contribution is -2.34. The highest BCUT2D eigenvalue weighted by atomic mass is 32.2. The van der Waals surface area contributed by atoms with E-state index in [0.717, 1.165) is 25.7 Å². The van der Waals surface area contributed by atoms with Crippen molar-refractivity contribution < 1.29 is 8.42 Å². The Hall–Kier alpha value is -0.130. The summed E-state index contributed by atoms with van der Waals surface area (Å²) < 4.78 is 25.9. The zero-order chi connectivity index (χ0) is 10.9. The van der Waals surface area contributed by atoms with Crippen molar-refractivity contribution in [2.75, 3.05) is 13.1 Å². The zero-order valence-electron chi connectivity index (χ0n) is 8.98. The van der Waals surface area contributed by atoms with Gasteiger partial charge in [0, 0.05) is 6.54 Å². The standard InChI is InChI=1S/C10H20N2O2S/c11-6-8-2-1-3-9(8)7-12-15(13,14)10-4-5-10/h8-10,12H,1-7,11H2. The Morgan fingerprint density at radius 3 is 2.40 bits per heavy atom. The summed E-state index contributed by atoms with van der Waals surface area (Å²) in [5.74, 6) is 0.982. The number of hydrogen-bond donors (Lipinski definition) is 2. The van der Waals surface area contributed by atoms with Crippen LogP contribution in [-0.2, 0) is 10.0 Å². The Bertz CT molecular complexity index is 311. The van der Waals surface area contributed by atoms with Gasteiger partial charge in [0.25, 0.3) is 0 Å². The van der Waals surface area contributed by atoms with Crippen molar-refractivity contribution >= 4 is 10.0 Å². The van der Waals surface area contributed by atoms with Gasteiger partial charge >= 0.3 is 0 Å². The Kier molecular flexibility index (Phi) is 3.33. The first-order chi connectivity index (χ1) is 7.13. The highest BCUT2D eigenvalue weighted by Crippen LogP contribution is 2.32. The maximum Gasteiger partial charge on any atom is 0.214 e. The van der Waals surface area contributed by atoms with E-state index < -0.39 is 10.0 Å². The van der Waals surface area contributed by atoms with Crippen LogP contribution < -0.4 is 10.5 Å². The summed E-state index contributed by atoms with van der Waals surface area (Å²) in [5, 5.41) is -0.102. The summed E-state index contributed by atoms with van der Waals surface area (Å²) in [5.41, 5.74) is 5.66. The summed E-state index contributed by atoms with van der Waals surface area (Å²) in [6.45, 7) is 1.29. The van der Waals surface area contributed by atoms with Crippen LogP contribution in [0.5, 0.6) is 0 Å². The SMILES string of the molecule is NCC1CCCC1CNS(=O)(=O)C1CC1. The molecule has 88 valence electrons. The molecule has 0 amide bonds. The van der Waals surface area contributed by atoms with Crippen LogP contribution in [0.3, 0.4) is 0 Å². The fourth-order valence-electron chi connectivity index (χ4n) is 2.41. The average Bonchev–Trinajstić information content (AvgIpc) is 2.96. The van der Waals surface area contributed by atoms with E-state index in [1.807, 2.05) is 0 Å². The fraction of sp³-hybridized carbons (Fsp3) is 1.00. The third-order valence-electron chi connectivity index (χ3n) is 3.63. The van der Waals surface area contributed by atoms with Gasteiger partial charge in [-0.05, 0) is 44.1 Å². The first-order valence-corrected chi connectivity index (χ1v) is 7.36. The van der Waals surface area contributed by atoms with Crippen molar-refractivity contribution in [3.05, 3.63) is 0 Å². The van der Waals surface area contributed by atoms with Crippen molar-refractivity contribution in [1.82, 2.24) is 4.72 Å². The summed E-state index contributed by atoms with van der Waals surface area (Å²) in [4.78, 5) is 0. The molecule has 0 aliphatic heterocycles. The molecule has 4 nitrogen and oxygen atoms in total. The van der Waals surface area contributed by atoms with E-state index >= 15 is 0 Å². The predicted octanol–water partition coefficient (Wildman–Crippen LogP) is 0.443. The molecule has 0 aromatic carbocycles. The van der Waals surface area contributed by atoms with E-state index in [1.54, 1.807) is 0 Å². The molecule has 2 aliphatic carbocycles. The third-order valence-corrected chi connectivity index (χ3v) is 5.55. The van der Waals surface area contributed by atoms with Gasteiger partial charge in [-0.25, -0.2) is 13.1 Å². The van der Waals surface area contributed by atoms with Gasteiger partial charge in [0.2, 0.25) is 10.0 Å². The van der Waals surface area contributed by atoms with Gasteiger partial charge in [-0.15, -0.1) is 0 Å². The molecular formula is C10H20N2O2S. The third kappa shape index (κ3) is 2.71. The second-order valence-corrected chi connectivity index (χ2v) is 6.82. The minimum absolute atomic E-state index is 0.102.